The topological polar surface area (TPSA) is 65.1 Å². The first-order valence-corrected chi connectivity index (χ1v) is 11.0. The highest BCUT2D eigenvalue weighted by Gasteiger charge is 2.14. The van der Waals surface area contributed by atoms with E-state index in [1.54, 1.807) is 26.0 Å². The van der Waals surface area contributed by atoms with Crippen molar-refractivity contribution in [2.75, 3.05) is 26.2 Å². The number of ether oxygens (including phenoxy) is 3. The lowest BCUT2D eigenvalue weighted by molar-refractivity contribution is -0.136. The number of benzene rings is 2. The lowest BCUT2D eigenvalue weighted by Gasteiger charge is -2.22. The molecule has 0 heterocycles. The van der Waals surface area contributed by atoms with Gasteiger partial charge in [0.1, 0.15) is 12.4 Å². The third-order valence-electron chi connectivity index (χ3n) is 4.71. The average Bonchev–Trinajstić information content (AvgIpc) is 2.79. The number of nitrogens with zero attached hydrogens (tertiary/aromatic N) is 1. The molecule has 0 bridgehead atoms. The van der Waals surface area contributed by atoms with E-state index in [1.807, 2.05) is 36.4 Å². The Hall–Kier alpha value is -2.86. The summed E-state index contributed by atoms with van der Waals surface area (Å²) >= 11 is 0. The van der Waals surface area contributed by atoms with Gasteiger partial charge >= 0.3 is 11.9 Å². The van der Waals surface area contributed by atoms with Gasteiger partial charge in [-0.25, -0.2) is 0 Å². The van der Waals surface area contributed by atoms with Gasteiger partial charge < -0.3 is 14.2 Å². The van der Waals surface area contributed by atoms with Crippen molar-refractivity contribution >= 4 is 11.9 Å². The predicted molar refractivity (Wildman–Crippen MR) is 121 cm³/mol. The number of carbonyl (C=O) groups excluding carboxylic acids is 2. The number of hydrogen-bond acceptors (Lipinski definition) is 6. The van der Waals surface area contributed by atoms with Crippen LogP contribution < -0.4 is 14.2 Å². The summed E-state index contributed by atoms with van der Waals surface area (Å²) in [7, 11) is 0. The van der Waals surface area contributed by atoms with Gasteiger partial charge in [0.25, 0.3) is 0 Å². The monoisotopic (exact) mass is 427 g/mol. The Labute approximate surface area is 185 Å². The normalized spacial score (nSPS) is 10.7. The lowest BCUT2D eigenvalue weighted by Crippen LogP contribution is -2.31. The lowest BCUT2D eigenvalue weighted by atomic mass is 10.1. The zero-order valence-corrected chi connectivity index (χ0v) is 18.8. The van der Waals surface area contributed by atoms with Gasteiger partial charge in [0.15, 0.2) is 11.5 Å². The molecule has 0 aromatic heterocycles. The van der Waals surface area contributed by atoms with Crippen LogP contribution in [0.5, 0.6) is 17.2 Å². The maximum Gasteiger partial charge on any atom is 0.311 e. The summed E-state index contributed by atoms with van der Waals surface area (Å²) in [6.45, 7) is 8.87. The highest BCUT2D eigenvalue weighted by molar-refractivity contribution is 5.76. The van der Waals surface area contributed by atoms with Gasteiger partial charge in [-0.2, -0.15) is 0 Å². The third-order valence-corrected chi connectivity index (χ3v) is 4.71. The Morgan fingerprint density at radius 1 is 0.806 bits per heavy atom. The summed E-state index contributed by atoms with van der Waals surface area (Å²) in [6, 6.07) is 15.2. The summed E-state index contributed by atoms with van der Waals surface area (Å²) in [5, 5.41) is 0. The molecule has 0 atom stereocenters. The highest BCUT2D eigenvalue weighted by atomic mass is 16.6. The van der Waals surface area contributed by atoms with Crippen LogP contribution in [0.25, 0.3) is 0 Å². The molecule has 2 rings (SSSR count). The maximum atomic E-state index is 11.8. The van der Waals surface area contributed by atoms with Gasteiger partial charge in [-0.3, -0.25) is 14.5 Å². The van der Waals surface area contributed by atoms with E-state index < -0.39 is 0 Å². The molecule has 0 aliphatic carbocycles. The third kappa shape index (κ3) is 8.80. The van der Waals surface area contributed by atoms with E-state index in [1.165, 1.54) is 0 Å². The smallest absolute Gasteiger partial charge is 0.311 e. The summed E-state index contributed by atoms with van der Waals surface area (Å²) in [5.74, 6) is 0.712. The van der Waals surface area contributed by atoms with Gasteiger partial charge in [0, 0.05) is 25.9 Å². The fourth-order valence-electron chi connectivity index (χ4n) is 3.01. The van der Waals surface area contributed by atoms with E-state index in [4.69, 9.17) is 14.2 Å². The minimum atomic E-state index is -0.367. The van der Waals surface area contributed by atoms with Gasteiger partial charge in [-0.15, -0.1) is 0 Å². The number of carbonyl (C=O) groups is 2. The number of para-hydroxylation sites is 1. The molecule has 0 aliphatic rings. The van der Waals surface area contributed by atoms with Crippen LogP contribution in [0.3, 0.4) is 0 Å². The van der Waals surface area contributed by atoms with Crippen molar-refractivity contribution < 1.29 is 23.8 Å². The van der Waals surface area contributed by atoms with E-state index in [9.17, 15) is 9.59 Å². The number of rotatable bonds is 13. The zero-order chi connectivity index (χ0) is 22.5. The largest absolute Gasteiger partial charge is 0.492 e. The van der Waals surface area contributed by atoms with Crippen LogP contribution in [0, 0.1) is 0 Å². The van der Waals surface area contributed by atoms with E-state index in [-0.39, 0.29) is 30.5 Å². The van der Waals surface area contributed by atoms with E-state index in [0.717, 1.165) is 43.8 Å². The van der Waals surface area contributed by atoms with Crippen molar-refractivity contribution in [2.45, 2.75) is 46.5 Å². The van der Waals surface area contributed by atoms with Gasteiger partial charge in [-0.05, 0) is 49.2 Å². The Morgan fingerprint density at radius 2 is 1.48 bits per heavy atom. The molecule has 0 aliphatic heterocycles. The molecule has 2 aromatic carbocycles. The van der Waals surface area contributed by atoms with Crippen LogP contribution in [-0.2, 0) is 16.0 Å². The Morgan fingerprint density at radius 3 is 2.13 bits per heavy atom. The van der Waals surface area contributed by atoms with Crippen molar-refractivity contribution in [1.82, 2.24) is 4.90 Å². The standard InChI is InChI=1S/C25H33NO5/c1-4-15-26(17-18-29-21-10-8-7-9-11-21)16-14-20-12-13-22(30-24(27)5-2)23(19-20)31-25(28)6-3/h7-13,19H,4-6,14-18H2,1-3H3. The molecule has 31 heavy (non-hydrogen) atoms. The molecule has 168 valence electrons. The van der Waals surface area contributed by atoms with Crippen molar-refractivity contribution in [2.24, 2.45) is 0 Å². The van der Waals surface area contributed by atoms with Gasteiger partial charge in [0.2, 0.25) is 0 Å². The summed E-state index contributed by atoms with van der Waals surface area (Å²) in [5.41, 5.74) is 1.01. The first-order chi connectivity index (χ1) is 15.0. The van der Waals surface area contributed by atoms with Crippen molar-refractivity contribution in [1.29, 1.82) is 0 Å². The van der Waals surface area contributed by atoms with Crippen molar-refractivity contribution in [3.8, 4) is 17.2 Å². The molecule has 6 nitrogen and oxygen atoms in total. The molecule has 0 unspecified atom stereocenters. The summed E-state index contributed by atoms with van der Waals surface area (Å²) in [6.07, 6.45) is 2.33. The maximum absolute atomic E-state index is 11.8. The Balaban J connectivity index is 1.98. The van der Waals surface area contributed by atoms with Crippen LogP contribution in [0.2, 0.25) is 0 Å². The van der Waals surface area contributed by atoms with Crippen molar-refractivity contribution in [3.63, 3.8) is 0 Å². The minimum absolute atomic E-state index is 0.247. The predicted octanol–water partition coefficient (Wildman–Crippen LogP) is 4.65. The number of hydrogen-bond donors (Lipinski definition) is 0. The second-order valence-electron chi connectivity index (χ2n) is 7.19. The van der Waals surface area contributed by atoms with Crippen LogP contribution in [0.4, 0.5) is 0 Å². The Bertz CT molecular complexity index is 822. The molecule has 2 aromatic rings. The highest BCUT2D eigenvalue weighted by Crippen LogP contribution is 2.29. The molecule has 0 saturated carbocycles. The van der Waals surface area contributed by atoms with Crippen molar-refractivity contribution in [3.05, 3.63) is 54.1 Å². The van der Waals surface area contributed by atoms with Crippen LogP contribution in [0.1, 0.15) is 45.6 Å². The summed E-state index contributed by atoms with van der Waals surface area (Å²) in [4.78, 5) is 25.8. The fraction of sp³-hybridized carbons (Fsp3) is 0.440. The zero-order valence-electron chi connectivity index (χ0n) is 18.8. The fourth-order valence-corrected chi connectivity index (χ4v) is 3.01. The SMILES string of the molecule is CCCN(CCOc1ccccc1)CCc1ccc(OC(=O)CC)c(OC(=O)CC)c1. The second-order valence-corrected chi connectivity index (χ2v) is 7.19. The van der Waals surface area contributed by atoms with Gasteiger partial charge in [0.05, 0.1) is 0 Å². The molecule has 0 radical (unpaired) electrons. The minimum Gasteiger partial charge on any atom is -0.492 e. The molecule has 0 saturated heterocycles. The van der Waals surface area contributed by atoms with Crippen LogP contribution in [-0.4, -0.2) is 43.1 Å². The van der Waals surface area contributed by atoms with E-state index in [2.05, 4.69) is 11.8 Å². The molecule has 0 fully saturated rings. The summed E-state index contributed by atoms with van der Waals surface area (Å²) < 4.78 is 16.5. The first kappa shape index (κ1) is 24.4. The molecule has 6 heteroatoms. The number of esters is 2. The molecule has 0 amide bonds. The molecular weight excluding hydrogens is 394 g/mol. The van der Waals surface area contributed by atoms with Crippen LogP contribution >= 0.6 is 0 Å². The molecule has 0 spiro atoms. The molecular formula is C25H33NO5. The van der Waals surface area contributed by atoms with E-state index in [0.29, 0.717) is 12.4 Å². The van der Waals surface area contributed by atoms with E-state index >= 15 is 0 Å². The molecule has 0 N–H and O–H groups in total. The second kappa shape index (κ2) is 13.4. The Kier molecular flexibility index (Phi) is 10.6. The van der Waals surface area contributed by atoms with Gasteiger partial charge in [-0.1, -0.05) is 45.0 Å². The first-order valence-electron chi connectivity index (χ1n) is 11.0. The average molecular weight is 428 g/mol. The quantitative estimate of drug-likeness (QED) is 0.342. The van der Waals surface area contributed by atoms with Crippen LogP contribution in [0.15, 0.2) is 48.5 Å².